The average Bonchev–Trinajstić information content (AvgIpc) is 3.25. The van der Waals surface area contributed by atoms with Crippen LogP contribution in [0.3, 0.4) is 0 Å². The highest BCUT2D eigenvalue weighted by molar-refractivity contribution is 5.97. The van der Waals surface area contributed by atoms with Gasteiger partial charge in [-0.15, -0.1) is 0 Å². The summed E-state index contributed by atoms with van der Waals surface area (Å²) in [6, 6.07) is 9.36. The SMILES string of the molecule is CCCOc1ccccc1C(=O)N1CC(Cc2cc(C)no2)C(OC)C1. The first-order chi connectivity index (χ1) is 12.6. The highest BCUT2D eigenvalue weighted by atomic mass is 16.5. The zero-order valence-electron chi connectivity index (χ0n) is 15.6. The molecule has 1 fully saturated rings. The van der Waals surface area contributed by atoms with Gasteiger partial charge in [0.25, 0.3) is 5.91 Å². The van der Waals surface area contributed by atoms with Crippen LogP contribution in [0.15, 0.2) is 34.9 Å². The lowest BCUT2D eigenvalue weighted by molar-refractivity contribution is 0.0670. The Bertz CT molecular complexity index is 743. The molecule has 1 amide bonds. The second kappa shape index (κ2) is 8.36. The van der Waals surface area contributed by atoms with Crippen molar-refractivity contribution in [2.45, 2.75) is 32.8 Å². The van der Waals surface area contributed by atoms with Gasteiger partial charge in [-0.3, -0.25) is 4.79 Å². The van der Waals surface area contributed by atoms with Crippen LogP contribution in [0.25, 0.3) is 0 Å². The topological polar surface area (TPSA) is 64.8 Å². The Morgan fingerprint density at radius 1 is 1.35 bits per heavy atom. The number of hydrogen-bond acceptors (Lipinski definition) is 5. The monoisotopic (exact) mass is 358 g/mol. The van der Waals surface area contributed by atoms with Crippen molar-refractivity contribution in [2.75, 3.05) is 26.8 Å². The minimum atomic E-state index is -0.0203. The number of amides is 1. The van der Waals surface area contributed by atoms with Crippen LogP contribution in [-0.2, 0) is 11.2 Å². The summed E-state index contributed by atoms with van der Waals surface area (Å²) in [6.07, 6.45) is 1.58. The second-order valence-corrected chi connectivity index (χ2v) is 6.73. The van der Waals surface area contributed by atoms with Crippen LogP contribution in [0.2, 0.25) is 0 Å². The zero-order chi connectivity index (χ0) is 18.5. The number of methoxy groups -OCH3 is 1. The lowest BCUT2D eigenvalue weighted by Gasteiger charge is -2.18. The number of aryl methyl sites for hydroxylation is 1. The standard InChI is InChI=1S/C20H26N2O4/c1-4-9-25-18-8-6-5-7-17(18)20(23)22-12-15(19(13-22)24-3)11-16-10-14(2)21-26-16/h5-8,10,15,19H,4,9,11-13H2,1-3H3. The molecule has 2 aromatic rings. The van der Waals surface area contributed by atoms with E-state index in [1.54, 1.807) is 7.11 Å². The van der Waals surface area contributed by atoms with Crippen LogP contribution in [0.4, 0.5) is 0 Å². The van der Waals surface area contributed by atoms with Crippen molar-refractivity contribution in [3.8, 4) is 5.75 Å². The number of likely N-dealkylation sites (tertiary alicyclic amines) is 1. The second-order valence-electron chi connectivity index (χ2n) is 6.73. The van der Waals surface area contributed by atoms with Gasteiger partial charge in [0.15, 0.2) is 0 Å². The smallest absolute Gasteiger partial charge is 0.257 e. The molecule has 1 aromatic carbocycles. The van der Waals surface area contributed by atoms with E-state index >= 15 is 0 Å². The lowest BCUT2D eigenvalue weighted by Crippen LogP contribution is -2.30. The molecule has 0 aliphatic carbocycles. The fraction of sp³-hybridized carbons (Fsp3) is 0.500. The van der Waals surface area contributed by atoms with E-state index < -0.39 is 0 Å². The fourth-order valence-electron chi connectivity index (χ4n) is 3.39. The van der Waals surface area contributed by atoms with Gasteiger partial charge in [0, 0.05) is 38.6 Å². The third-order valence-electron chi connectivity index (χ3n) is 4.69. The molecular weight excluding hydrogens is 332 g/mol. The fourth-order valence-corrected chi connectivity index (χ4v) is 3.39. The van der Waals surface area contributed by atoms with Gasteiger partial charge in [0.2, 0.25) is 0 Å². The Balaban J connectivity index is 1.72. The third kappa shape index (κ3) is 4.07. The van der Waals surface area contributed by atoms with Crippen molar-refractivity contribution in [2.24, 2.45) is 5.92 Å². The first-order valence-electron chi connectivity index (χ1n) is 9.08. The van der Waals surface area contributed by atoms with Gasteiger partial charge in [0.05, 0.1) is 24.0 Å². The van der Waals surface area contributed by atoms with Crippen LogP contribution in [0.5, 0.6) is 5.75 Å². The van der Waals surface area contributed by atoms with Crippen molar-refractivity contribution in [3.63, 3.8) is 0 Å². The summed E-state index contributed by atoms with van der Waals surface area (Å²) in [5, 5.41) is 3.94. The molecule has 0 N–H and O–H groups in total. The summed E-state index contributed by atoms with van der Waals surface area (Å²) in [7, 11) is 1.69. The van der Waals surface area contributed by atoms with E-state index in [4.69, 9.17) is 14.0 Å². The molecule has 1 aromatic heterocycles. The molecule has 0 spiro atoms. The number of nitrogens with zero attached hydrogens (tertiary/aromatic N) is 2. The summed E-state index contributed by atoms with van der Waals surface area (Å²) < 4.78 is 16.7. The normalized spacial score (nSPS) is 19.7. The Labute approximate surface area is 154 Å². The van der Waals surface area contributed by atoms with Crippen LogP contribution in [0.1, 0.15) is 35.2 Å². The predicted molar refractivity (Wildman–Crippen MR) is 97.4 cm³/mol. The number of aromatic nitrogens is 1. The van der Waals surface area contributed by atoms with E-state index in [2.05, 4.69) is 5.16 Å². The van der Waals surface area contributed by atoms with Crippen molar-refractivity contribution in [1.29, 1.82) is 0 Å². The van der Waals surface area contributed by atoms with Crippen LogP contribution >= 0.6 is 0 Å². The van der Waals surface area contributed by atoms with Gasteiger partial charge in [0.1, 0.15) is 11.5 Å². The predicted octanol–water partition coefficient (Wildman–Crippen LogP) is 3.10. The van der Waals surface area contributed by atoms with Gasteiger partial charge < -0.3 is 18.9 Å². The lowest BCUT2D eigenvalue weighted by atomic mass is 10.0. The molecule has 2 atom stereocenters. The van der Waals surface area contributed by atoms with Gasteiger partial charge >= 0.3 is 0 Å². The maximum absolute atomic E-state index is 13.0. The van der Waals surface area contributed by atoms with Crippen molar-refractivity contribution >= 4 is 5.91 Å². The van der Waals surface area contributed by atoms with Crippen molar-refractivity contribution in [1.82, 2.24) is 10.1 Å². The minimum Gasteiger partial charge on any atom is -0.493 e. The zero-order valence-corrected chi connectivity index (χ0v) is 15.6. The van der Waals surface area contributed by atoms with Gasteiger partial charge in [-0.2, -0.15) is 0 Å². The van der Waals surface area contributed by atoms with E-state index in [0.717, 1.165) is 17.9 Å². The number of hydrogen-bond donors (Lipinski definition) is 0. The van der Waals surface area contributed by atoms with Gasteiger partial charge in [-0.1, -0.05) is 24.2 Å². The van der Waals surface area contributed by atoms with Crippen LogP contribution in [-0.4, -0.2) is 48.9 Å². The molecule has 140 valence electrons. The summed E-state index contributed by atoms with van der Waals surface area (Å²) in [5.74, 6) is 1.63. The first-order valence-corrected chi connectivity index (χ1v) is 9.08. The average molecular weight is 358 g/mol. The van der Waals surface area contributed by atoms with Crippen LogP contribution < -0.4 is 4.74 Å². The molecule has 0 radical (unpaired) electrons. The maximum atomic E-state index is 13.0. The highest BCUT2D eigenvalue weighted by Crippen LogP contribution is 2.28. The molecular formula is C20H26N2O4. The molecule has 3 rings (SSSR count). The summed E-state index contributed by atoms with van der Waals surface area (Å²) in [5.41, 5.74) is 1.47. The Kier molecular flexibility index (Phi) is 5.93. The number of ether oxygens (including phenoxy) is 2. The Hall–Kier alpha value is -2.34. The van der Waals surface area contributed by atoms with E-state index in [1.807, 2.05) is 49.1 Å². The minimum absolute atomic E-state index is 0.0185. The van der Waals surface area contributed by atoms with E-state index in [1.165, 1.54) is 0 Å². The highest BCUT2D eigenvalue weighted by Gasteiger charge is 2.37. The summed E-state index contributed by atoms with van der Waals surface area (Å²) >= 11 is 0. The van der Waals surface area contributed by atoms with E-state index in [-0.39, 0.29) is 17.9 Å². The quantitative estimate of drug-likeness (QED) is 0.761. The van der Waals surface area contributed by atoms with E-state index in [0.29, 0.717) is 37.4 Å². The van der Waals surface area contributed by atoms with Crippen molar-refractivity contribution < 1.29 is 18.8 Å². The number of para-hydroxylation sites is 1. The molecule has 1 aliphatic rings. The largest absolute Gasteiger partial charge is 0.493 e. The van der Waals surface area contributed by atoms with Gasteiger partial charge in [-0.25, -0.2) is 0 Å². The molecule has 2 unspecified atom stereocenters. The summed E-state index contributed by atoms with van der Waals surface area (Å²) in [6.45, 7) is 5.73. The van der Waals surface area contributed by atoms with E-state index in [9.17, 15) is 4.79 Å². The number of carbonyl (C=O) groups is 1. The van der Waals surface area contributed by atoms with Crippen molar-refractivity contribution in [3.05, 3.63) is 47.3 Å². The van der Waals surface area contributed by atoms with Gasteiger partial charge in [-0.05, 0) is 25.5 Å². The molecule has 0 saturated carbocycles. The number of carbonyl (C=O) groups excluding carboxylic acids is 1. The number of rotatable bonds is 7. The molecule has 2 heterocycles. The molecule has 6 nitrogen and oxygen atoms in total. The molecule has 26 heavy (non-hydrogen) atoms. The molecule has 6 heteroatoms. The first kappa shape index (κ1) is 18.5. The molecule has 1 saturated heterocycles. The van der Waals surface area contributed by atoms with Crippen LogP contribution in [0, 0.1) is 12.8 Å². The Morgan fingerprint density at radius 2 is 2.15 bits per heavy atom. The molecule has 0 bridgehead atoms. The summed E-state index contributed by atoms with van der Waals surface area (Å²) in [4.78, 5) is 14.9. The third-order valence-corrected chi connectivity index (χ3v) is 4.69. The molecule has 1 aliphatic heterocycles. The maximum Gasteiger partial charge on any atom is 0.257 e. The number of benzene rings is 1. The Morgan fingerprint density at radius 3 is 2.85 bits per heavy atom.